The maximum absolute atomic E-state index is 12.3. The Morgan fingerprint density at radius 1 is 1.07 bits per heavy atom. The largest absolute Gasteiger partial charge is 0.273 e. The van der Waals surface area contributed by atoms with Gasteiger partial charge < -0.3 is 0 Å². The Bertz CT molecular complexity index is 916. The minimum atomic E-state index is -0.0146. The van der Waals surface area contributed by atoms with Gasteiger partial charge in [-0.2, -0.15) is 5.10 Å². The molecular weight excluding hydrogens is 468 g/mol. The van der Waals surface area contributed by atoms with E-state index in [2.05, 4.69) is 74.3 Å². The fraction of sp³-hybridized carbons (Fsp3) is 0.273. The summed E-state index contributed by atoms with van der Waals surface area (Å²) in [6.45, 7) is 1.60. The Kier molecular flexibility index (Phi) is 5.33. The van der Waals surface area contributed by atoms with E-state index in [-0.39, 0.29) is 17.9 Å². The summed E-state index contributed by atoms with van der Waals surface area (Å²) in [6.07, 6.45) is 5.40. The fourth-order valence-corrected chi connectivity index (χ4v) is 4.54. The molecule has 0 N–H and O–H groups in total. The highest BCUT2D eigenvalue weighted by Gasteiger charge is 2.42. The number of fused-ring (bicyclic) bond motifs is 1. The van der Waals surface area contributed by atoms with Gasteiger partial charge in [0.2, 0.25) is 5.91 Å². The first-order valence-electron chi connectivity index (χ1n) is 9.13. The third-order valence-corrected chi connectivity index (χ3v) is 6.30. The number of allylic oxidation sites excluding steroid dienone is 1. The van der Waals surface area contributed by atoms with E-state index in [0.717, 1.165) is 45.0 Å². The number of carbonyl (C=O) groups is 1. The summed E-state index contributed by atoms with van der Waals surface area (Å²) in [6, 6.07) is 16.5. The number of hydrazone groups is 1. The molecule has 138 valence electrons. The zero-order chi connectivity index (χ0) is 19.0. The highest BCUT2D eigenvalue weighted by Crippen LogP contribution is 2.44. The second-order valence-corrected chi connectivity index (χ2v) is 8.90. The third kappa shape index (κ3) is 3.81. The van der Waals surface area contributed by atoms with E-state index in [1.165, 1.54) is 5.57 Å². The highest BCUT2D eigenvalue weighted by atomic mass is 79.9. The normalized spacial score (nSPS) is 23.3. The molecule has 1 heterocycles. The molecule has 0 aromatic heterocycles. The summed E-state index contributed by atoms with van der Waals surface area (Å²) < 4.78 is 2.11. The van der Waals surface area contributed by atoms with Gasteiger partial charge in [-0.15, -0.1) is 0 Å². The van der Waals surface area contributed by atoms with Gasteiger partial charge in [0.05, 0.1) is 11.8 Å². The van der Waals surface area contributed by atoms with E-state index < -0.39 is 0 Å². The van der Waals surface area contributed by atoms with Crippen molar-refractivity contribution in [3.63, 3.8) is 0 Å². The van der Waals surface area contributed by atoms with Crippen molar-refractivity contribution in [3.05, 3.63) is 74.2 Å². The molecule has 1 fully saturated rings. The first-order valence-corrected chi connectivity index (χ1v) is 10.7. The summed E-state index contributed by atoms with van der Waals surface area (Å²) in [5.41, 5.74) is 4.63. The Labute approximate surface area is 176 Å². The molecule has 0 spiro atoms. The van der Waals surface area contributed by atoms with Gasteiger partial charge in [-0.3, -0.25) is 4.79 Å². The van der Waals surface area contributed by atoms with E-state index in [4.69, 9.17) is 5.10 Å². The van der Waals surface area contributed by atoms with E-state index in [9.17, 15) is 4.79 Å². The minimum Gasteiger partial charge on any atom is -0.273 e. The average Bonchev–Trinajstić information content (AvgIpc) is 3.05. The topological polar surface area (TPSA) is 32.7 Å². The molecule has 0 radical (unpaired) electrons. The van der Waals surface area contributed by atoms with Crippen LogP contribution in [-0.2, 0) is 4.79 Å². The maximum Gasteiger partial charge on any atom is 0.240 e. The number of rotatable bonds is 2. The van der Waals surface area contributed by atoms with Crippen LogP contribution in [0.4, 0.5) is 0 Å². The average molecular weight is 488 g/mol. The van der Waals surface area contributed by atoms with Gasteiger partial charge in [0, 0.05) is 21.8 Å². The van der Waals surface area contributed by atoms with Crippen LogP contribution in [0, 0.1) is 5.92 Å². The molecule has 0 unspecified atom stereocenters. The van der Waals surface area contributed by atoms with E-state index in [1.54, 1.807) is 11.9 Å². The van der Waals surface area contributed by atoms with Crippen LogP contribution in [0.25, 0.3) is 6.08 Å². The van der Waals surface area contributed by atoms with Gasteiger partial charge in [-0.25, -0.2) is 5.01 Å². The standard InChI is InChI=1S/C22H20Br2N2O/c1-14(27)26-22(16-7-11-19(24)12-8-16)20-4-2-3-17(21(20)25-26)13-15-5-9-18(23)10-6-15/h5-13,20,22H,2-4H2,1H3/t20-,22+/m0/s1. The molecule has 0 bridgehead atoms. The second kappa shape index (κ2) is 7.72. The fourth-order valence-electron chi connectivity index (χ4n) is 4.02. The van der Waals surface area contributed by atoms with Crippen LogP contribution in [0.1, 0.15) is 43.4 Å². The number of hydrogen-bond acceptors (Lipinski definition) is 2. The van der Waals surface area contributed by atoms with Gasteiger partial charge in [-0.05, 0) is 66.3 Å². The zero-order valence-electron chi connectivity index (χ0n) is 15.0. The van der Waals surface area contributed by atoms with Crippen LogP contribution >= 0.6 is 31.9 Å². The Morgan fingerprint density at radius 3 is 2.33 bits per heavy atom. The van der Waals surface area contributed by atoms with Crippen LogP contribution < -0.4 is 0 Å². The molecule has 2 aromatic carbocycles. The van der Waals surface area contributed by atoms with Gasteiger partial charge in [0.25, 0.3) is 0 Å². The van der Waals surface area contributed by atoms with Crippen molar-refractivity contribution >= 4 is 49.6 Å². The molecule has 1 aliphatic heterocycles. The lowest BCUT2D eigenvalue weighted by Gasteiger charge is -2.29. The quantitative estimate of drug-likeness (QED) is 0.485. The lowest BCUT2D eigenvalue weighted by Crippen LogP contribution is -2.30. The minimum absolute atomic E-state index is 0.00666. The Hall–Kier alpha value is -1.72. The highest BCUT2D eigenvalue weighted by molar-refractivity contribution is 9.10. The molecule has 0 saturated heterocycles. The Balaban J connectivity index is 1.72. The molecule has 2 atom stereocenters. The molecule has 1 amide bonds. The number of carbonyl (C=O) groups excluding carboxylic acids is 1. The van der Waals surface area contributed by atoms with Crippen molar-refractivity contribution in [1.29, 1.82) is 0 Å². The number of benzene rings is 2. The lowest BCUT2D eigenvalue weighted by molar-refractivity contribution is -0.131. The van der Waals surface area contributed by atoms with Crippen molar-refractivity contribution < 1.29 is 4.79 Å². The molecule has 3 nitrogen and oxygen atoms in total. The van der Waals surface area contributed by atoms with Crippen LogP contribution in [0.15, 0.2) is 68.2 Å². The Morgan fingerprint density at radius 2 is 1.70 bits per heavy atom. The summed E-state index contributed by atoms with van der Waals surface area (Å²) in [5, 5.41) is 6.48. The van der Waals surface area contributed by atoms with Crippen molar-refractivity contribution in [3.8, 4) is 0 Å². The van der Waals surface area contributed by atoms with Crippen molar-refractivity contribution in [2.24, 2.45) is 11.0 Å². The number of nitrogens with zero attached hydrogens (tertiary/aromatic N) is 2. The van der Waals surface area contributed by atoms with E-state index in [1.807, 2.05) is 12.1 Å². The first kappa shape index (κ1) is 18.6. The van der Waals surface area contributed by atoms with Gasteiger partial charge in [0.15, 0.2) is 0 Å². The summed E-state index contributed by atoms with van der Waals surface area (Å²) in [5.74, 6) is 0.248. The molecule has 2 aromatic rings. The molecule has 5 heteroatoms. The summed E-state index contributed by atoms with van der Waals surface area (Å²) >= 11 is 6.98. The number of amides is 1. The van der Waals surface area contributed by atoms with E-state index >= 15 is 0 Å². The molecule has 1 aliphatic carbocycles. The van der Waals surface area contributed by atoms with E-state index in [0.29, 0.717) is 0 Å². The lowest BCUT2D eigenvalue weighted by atomic mass is 9.77. The van der Waals surface area contributed by atoms with Crippen LogP contribution in [-0.4, -0.2) is 16.6 Å². The van der Waals surface area contributed by atoms with Crippen LogP contribution in [0.3, 0.4) is 0 Å². The SMILES string of the molecule is CC(=O)N1N=C2C(=Cc3ccc(Br)cc3)CCC[C@@H]2[C@H]1c1ccc(Br)cc1. The number of hydrogen-bond donors (Lipinski definition) is 0. The monoisotopic (exact) mass is 486 g/mol. The summed E-state index contributed by atoms with van der Waals surface area (Å²) in [4.78, 5) is 12.3. The van der Waals surface area contributed by atoms with Crippen LogP contribution in [0.2, 0.25) is 0 Å². The predicted molar refractivity (Wildman–Crippen MR) is 116 cm³/mol. The predicted octanol–water partition coefficient (Wildman–Crippen LogP) is 6.35. The second-order valence-electron chi connectivity index (χ2n) is 7.07. The van der Waals surface area contributed by atoms with Gasteiger partial charge in [0.1, 0.15) is 0 Å². The van der Waals surface area contributed by atoms with Gasteiger partial charge in [-0.1, -0.05) is 56.1 Å². The molecular formula is C22H20Br2N2O. The molecule has 27 heavy (non-hydrogen) atoms. The number of halogens is 2. The van der Waals surface area contributed by atoms with Crippen molar-refractivity contribution in [2.45, 2.75) is 32.2 Å². The van der Waals surface area contributed by atoms with Crippen molar-refractivity contribution in [2.75, 3.05) is 0 Å². The summed E-state index contributed by atoms with van der Waals surface area (Å²) in [7, 11) is 0. The van der Waals surface area contributed by atoms with Crippen molar-refractivity contribution in [1.82, 2.24) is 5.01 Å². The smallest absolute Gasteiger partial charge is 0.240 e. The first-order chi connectivity index (χ1) is 13.0. The molecule has 2 aliphatic rings. The molecule has 1 saturated carbocycles. The third-order valence-electron chi connectivity index (χ3n) is 5.25. The van der Waals surface area contributed by atoms with Gasteiger partial charge >= 0.3 is 0 Å². The maximum atomic E-state index is 12.3. The molecule has 4 rings (SSSR count). The zero-order valence-corrected chi connectivity index (χ0v) is 18.2. The van der Waals surface area contributed by atoms with Crippen LogP contribution in [0.5, 0.6) is 0 Å².